The first-order valence-electron chi connectivity index (χ1n) is 9.42. The smallest absolute Gasteiger partial charge is 0.299 e. The second kappa shape index (κ2) is 8.17. The van der Waals surface area contributed by atoms with Gasteiger partial charge in [-0.3, -0.25) is 18.7 Å². The van der Waals surface area contributed by atoms with Gasteiger partial charge in [0.25, 0.3) is 5.56 Å². The largest absolute Gasteiger partial charge is 0.331 e. The zero-order valence-electron chi connectivity index (χ0n) is 15.5. The molecule has 6 nitrogen and oxygen atoms in total. The summed E-state index contributed by atoms with van der Waals surface area (Å²) >= 11 is 0. The van der Waals surface area contributed by atoms with Crippen LogP contribution in [0.4, 0.5) is 0 Å². The van der Waals surface area contributed by atoms with E-state index in [1.807, 2.05) is 12.1 Å². The van der Waals surface area contributed by atoms with E-state index in [1.54, 1.807) is 25.1 Å². The molecule has 1 heterocycles. The Kier molecular flexibility index (Phi) is 5.70. The number of aromatic nitrogens is 2. The van der Waals surface area contributed by atoms with E-state index in [0.29, 0.717) is 18.0 Å². The van der Waals surface area contributed by atoms with Crippen LogP contribution < -0.4 is 11.2 Å². The number of carbonyl (C=O) groups is 1. The number of hydrogen-bond acceptors (Lipinski definition) is 4. The molecule has 0 unspecified atom stereocenters. The van der Waals surface area contributed by atoms with Crippen molar-refractivity contribution >= 4 is 5.78 Å². The second-order valence-corrected chi connectivity index (χ2v) is 6.99. The minimum Gasteiger partial charge on any atom is -0.299 e. The van der Waals surface area contributed by atoms with Crippen LogP contribution in [-0.2, 0) is 13.1 Å². The maximum absolute atomic E-state index is 12.6. The van der Waals surface area contributed by atoms with Gasteiger partial charge < -0.3 is 0 Å². The molecule has 0 atom stereocenters. The van der Waals surface area contributed by atoms with Gasteiger partial charge in [0.1, 0.15) is 11.6 Å². The number of Topliss-reactive ketones (excluding diaryl/α,β-unsaturated/α-hetero) is 1. The predicted molar refractivity (Wildman–Crippen MR) is 102 cm³/mol. The normalized spacial score (nSPS) is 14.7. The van der Waals surface area contributed by atoms with Crippen LogP contribution in [0.3, 0.4) is 0 Å². The van der Waals surface area contributed by atoms with E-state index in [9.17, 15) is 14.4 Å². The summed E-state index contributed by atoms with van der Waals surface area (Å²) in [7, 11) is 0. The molecule has 0 spiro atoms. The van der Waals surface area contributed by atoms with Crippen molar-refractivity contribution in [1.82, 2.24) is 9.13 Å². The highest BCUT2D eigenvalue weighted by atomic mass is 16.2. The lowest BCUT2D eigenvalue weighted by molar-refractivity contribution is 0.0968. The van der Waals surface area contributed by atoms with E-state index in [0.717, 1.165) is 4.57 Å². The summed E-state index contributed by atoms with van der Waals surface area (Å²) in [6, 6.07) is 9.27. The number of benzene rings is 1. The molecule has 0 bridgehead atoms. The van der Waals surface area contributed by atoms with Crippen LogP contribution in [0.2, 0.25) is 0 Å². The van der Waals surface area contributed by atoms with E-state index in [2.05, 4.69) is 0 Å². The third kappa shape index (κ3) is 3.92. The molecule has 0 N–H and O–H groups in total. The first kappa shape index (κ1) is 18.8. The molecule has 1 aromatic carbocycles. The molecule has 6 heteroatoms. The first-order chi connectivity index (χ1) is 13.0. The van der Waals surface area contributed by atoms with E-state index < -0.39 is 11.2 Å². The predicted octanol–water partition coefficient (Wildman–Crippen LogP) is 2.83. The number of hydrogen-bond donors (Lipinski definition) is 0. The lowest BCUT2D eigenvalue weighted by Crippen LogP contribution is -2.42. The summed E-state index contributed by atoms with van der Waals surface area (Å²) in [6.07, 6.45) is 7.38. The van der Waals surface area contributed by atoms with Gasteiger partial charge in [0, 0.05) is 18.3 Å². The summed E-state index contributed by atoms with van der Waals surface area (Å²) in [6.45, 7) is 1.69. The molecular weight excluding hydrogens is 342 g/mol. The summed E-state index contributed by atoms with van der Waals surface area (Å²) in [5.41, 5.74) is 0.263. The van der Waals surface area contributed by atoms with Crippen LogP contribution in [0.1, 0.15) is 66.4 Å². The first-order valence-corrected chi connectivity index (χ1v) is 9.42. The SMILES string of the molecule is CCn1cc(C#N)c(=O)n(CC(=O)c2ccc(C3CCCCC3)cc2)c1=O. The Labute approximate surface area is 157 Å². The molecule has 2 aromatic rings. The fourth-order valence-corrected chi connectivity index (χ4v) is 3.71. The summed E-state index contributed by atoms with van der Waals surface area (Å²) in [4.78, 5) is 37.3. The Morgan fingerprint density at radius 1 is 1.15 bits per heavy atom. The van der Waals surface area contributed by atoms with E-state index in [4.69, 9.17) is 5.26 Å². The van der Waals surface area contributed by atoms with Crippen molar-refractivity contribution in [3.63, 3.8) is 0 Å². The summed E-state index contributed by atoms with van der Waals surface area (Å²) in [5.74, 6) is 0.233. The zero-order valence-corrected chi connectivity index (χ0v) is 15.5. The Bertz CT molecular complexity index is 987. The highest BCUT2D eigenvalue weighted by Gasteiger charge is 2.17. The van der Waals surface area contributed by atoms with Crippen molar-refractivity contribution in [2.24, 2.45) is 0 Å². The molecule has 1 saturated carbocycles. The lowest BCUT2D eigenvalue weighted by Gasteiger charge is -2.22. The molecule has 140 valence electrons. The number of rotatable bonds is 5. The van der Waals surface area contributed by atoms with E-state index >= 15 is 0 Å². The molecule has 27 heavy (non-hydrogen) atoms. The summed E-state index contributed by atoms with van der Waals surface area (Å²) < 4.78 is 2.11. The fourth-order valence-electron chi connectivity index (χ4n) is 3.71. The lowest BCUT2D eigenvalue weighted by atomic mass is 9.84. The van der Waals surface area contributed by atoms with Crippen molar-refractivity contribution in [1.29, 1.82) is 5.26 Å². The molecule has 1 aromatic heterocycles. The molecule has 0 radical (unpaired) electrons. The van der Waals surface area contributed by atoms with Crippen LogP contribution in [0, 0.1) is 11.3 Å². The number of aryl methyl sites for hydroxylation is 1. The average Bonchev–Trinajstić information content (AvgIpc) is 2.72. The Hall–Kier alpha value is -2.94. The maximum atomic E-state index is 12.6. The topological polar surface area (TPSA) is 84.9 Å². The number of nitrogens with zero attached hydrogens (tertiary/aromatic N) is 3. The molecule has 3 rings (SSSR count). The Morgan fingerprint density at radius 3 is 2.41 bits per heavy atom. The van der Waals surface area contributed by atoms with Gasteiger partial charge >= 0.3 is 5.69 Å². The van der Waals surface area contributed by atoms with Gasteiger partial charge in [-0.2, -0.15) is 5.26 Å². The Morgan fingerprint density at radius 2 is 1.81 bits per heavy atom. The maximum Gasteiger partial charge on any atom is 0.331 e. The zero-order chi connectivity index (χ0) is 19.4. The third-order valence-corrected chi connectivity index (χ3v) is 5.31. The van der Waals surface area contributed by atoms with Crippen molar-refractivity contribution in [2.45, 2.75) is 58.0 Å². The van der Waals surface area contributed by atoms with Crippen molar-refractivity contribution in [2.75, 3.05) is 0 Å². The highest BCUT2D eigenvalue weighted by Crippen LogP contribution is 2.32. The van der Waals surface area contributed by atoms with Gasteiger partial charge in [-0.05, 0) is 31.2 Å². The third-order valence-electron chi connectivity index (χ3n) is 5.31. The number of nitriles is 1. The quantitative estimate of drug-likeness (QED) is 0.763. The van der Waals surface area contributed by atoms with Gasteiger partial charge in [-0.15, -0.1) is 0 Å². The van der Waals surface area contributed by atoms with Crippen LogP contribution in [0.15, 0.2) is 40.1 Å². The van der Waals surface area contributed by atoms with Crippen LogP contribution in [0.5, 0.6) is 0 Å². The van der Waals surface area contributed by atoms with Gasteiger partial charge in [0.05, 0.1) is 6.54 Å². The molecule has 0 amide bonds. The van der Waals surface area contributed by atoms with E-state index in [-0.39, 0.29) is 17.9 Å². The molecule has 0 aliphatic heterocycles. The van der Waals surface area contributed by atoms with Crippen LogP contribution in [-0.4, -0.2) is 14.9 Å². The molecule has 1 fully saturated rings. The molecule has 1 aliphatic rings. The van der Waals surface area contributed by atoms with Gasteiger partial charge in [0.15, 0.2) is 5.78 Å². The van der Waals surface area contributed by atoms with Crippen molar-refractivity contribution in [3.8, 4) is 6.07 Å². The number of ketones is 1. The average molecular weight is 365 g/mol. The van der Waals surface area contributed by atoms with Gasteiger partial charge in [0.2, 0.25) is 0 Å². The van der Waals surface area contributed by atoms with Crippen molar-refractivity contribution in [3.05, 3.63) is 68.0 Å². The van der Waals surface area contributed by atoms with Gasteiger partial charge in [-0.25, -0.2) is 4.79 Å². The van der Waals surface area contributed by atoms with Crippen LogP contribution in [0.25, 0.3) is 0 Å². The summed E-state index contributed by atoms with van der Waals surface area (Å²) in [5, 5.41) is 9.10. The van der Waals surface area contributed by atoms with Gasteiger partial charge in [-0.1, -0.05) is 43.5 Å². The standard InChI is InChI=1S/C21H23N3O3/c1-2-23-13-18(12-22)20(26)24(21(23)27)14-19(25)17-10-8-16(9-11-17)15-6-4-3-5-7-15/h8-11,13,15H,2-7,14H2,1H3. The molecule has 0 saturated heterocycles. The minimum absolute atomic E-state index is 0.142. The minimum atomic E-state index is -0.723. The monoisotopic (exact) mass is 365 g/mol. The second-order valence-electron chi connectivity index (χ2n) is 6.99. The van der Waals surface area contributed by atoms with Crippen molar-refractivity contribution < 1.29 is 4.79 Å². The molecule has 1 aliphatic carbocycles. The number of carbonyl (C=O) groups excluding carboxylic acids is 1. The Balaban J connectivity index is 1.84. The highest BCUT2D eigenvalue weighted by molar-refractivity contribution is 5.95. The molecular formula is C21H23N3O3. The fraction of sp³-hybridized carbons (Fsp3) is 0.429. The van der Waals surface area contributed by atoms with E-state index in [1.165, 1.54) is 48.4 Å². The van der Waals surface area contributed by atoms with Crippen LogP contribution >= 0.6 is 0 Å².